The van der Waals surface area contributed by atoms with Gasteiger partial charge >= 0.3 is 0 Å². The summed E-state index contributed by atoms with van der Waals surface area (Å²) in [5, 5.41) is 0.404. The Morgan fingerprint density at radius 2 is 1.73 bits per heavy atom. The lowest BCUT2D eigenvalue weighted by Gasteiger charge is -2.44. The predicted molar refractivity (Wildman–Crippen MR) is 141 cm³/mol. The summed E-state index contributed by atoms with van der Waals surface area (Å²) < 4.78 is 25.0. The quantitative estimate of drug-likeness (QED) is 0.369. The third-order valence-corrected chi connectivity index (χ3v) is 6.85. The van der Waals surface area contributed by atoms with E-state index in [1.165, 1.54) is 18.2 Å². The lowest BCUT2D eigenvalue weighted by Crippen LogP contribution is -2.58. The number of halogens is 1. The minimum Gasteiger partial charge on any atom is -0.484 e. The largest absolute Gasteiger partial charge is 0.484 e. The number of hydrogen-bond acceptors (Lipinski definition) is 5. The second-order valence-electron chi connectivity index (χ2n) is 9.59. The lowest BCUT2D eigenvalue weighted by atomic mass is 10.1. The highest BCUT2D eigenvalue weighted by molar-refractivity contribution is 5.81. The van der Waals surface area contributed by atoms with Gasteiger partial charge in [0.15, 0.2) is 12.0 Å². The summed E-state index contributed by atoms with van der Waals surface area (Å²) in [5.41, 5.74) is 2.16. The van der Waals surface area contributed by atoms with Crippen molar-refractivity contribution in [1.29, 1.82) is 0 Å². The van der Waals surface area contributed by atoms with Gasteiger partial charge < -0.3 is 14.1 Å². The first-order chi connectivity index (χ1) is 17.9. The van der Waals surface area contributed by atoms with Crippen LogP contribution in [0.25, 0.3) is 22.3 Å². The van der Waals surface area contributed by atoms with Crippen LogP contribution in [0.4, 0.5) is 4.39 Å². The van der Waals surface area contributed by atoms with Gasteiger partial charge in [0.05, 0.1) is 5.39 Å². The second kappa shape index (κ2) is 10.6. The van der Waals surface area contributed by atoms with Crippen LogP contribution in [-0.4, -0.2) is 47.5 Å². The molecule has 1 amide bonds. The summed E-state index contributed by atoms with van der Waals surface area (Å²) >= 11 is 0. The zero-order chi connectivity index (χ0) is 25.9. The minimum atomic E-state index is -0.246. The van der Waals surface area contributed by atoms with Gasteiger partial charge in [0, 0.05) is 43.3 Å². The van der Waals surface area contributed by atoms with Crippen molar-refractivity contribution in [3.8, 4) is 17.1 Å². The van der Waals surface area contributed by atoms with Crippen LogP contribution in [-0.2, 0) is 11.3 Å². The maximum Gasteiger partial charge on any atom is 0.260 e. The summed E-state index contributed by atoms with van der Waals surface area (Å²) in [4.78, 5) is 29.9. The van der Waals surface area contributed by atoms with Crippen molar-refractivity contribution < 1.29 is 18.3 Å². The van der Waals surface area contributed by atoms with Crippen molar-refractivity contribution in [3.05, 3.63) is 100 Å². The molecule has 0 bridgehead atoms. The van der Waals surface area contributed by atoms with Gasteiger partial charge in [0.25, 0.3) is 5.91 Å². The summed E-state index contributed by atoms with van der Waals surface area (Å²) in [7, 11) is 0. The van der Waals surface area contributed by atoms with Gasteiger partial charge in [-0.25, -0.2) is 4.39 Å². The van der Waals surface area contributed by atoms with Crippen LogP contribution in [0.15, 0.2) is 88.1 Å². The van der Waals surface area contributed by atoms with Gasteiger partial charge in [-0.1, -0.05) is 42.5 Å². The number of piperazine rings is 1. The molecule has 6 nitrogen and oxygen atoms in total. The molecule has 0 radical (unpaired) electrons. The zero-order valence-electron chi connectivity index (χ0n) is 20.9. The van der Waals surface area contributed by atoms with E-state index in [0.717, 1.165) is 11.1 Å². The molecule has 1 aliphatic rings. The highest BCUT2D eigenvalue weighted by atomic mass is 19.1. The Balaban J connectivity index is 1.22. The van der Waals surface area contributed by atoms with Crippen LogP contribution in [0, 0.1) is 5.82 Å². The Morgan fingerprint density at radius 1 is 0.973 bits per heavy atom. The Morgan fingerprint density at radius 3 is 2.49 bits per heavy atom. The summed E-state index contributed by atoms with van der Waals surface area (Å²) in [6.45, 7) is 5.99. The molecule has 190 valence electrons. The number of carbonyl (C=O) groups is 1. The molecule has 4 aromatic rings. The molecule has 1 aromatic heterocycles. The average Bonchev–Trinajstić information content (AvgIpc) is 2.91. The predicted octanol–water partition coefficient (Wildman–Crippen LogP) is 5.10. The first kappa shape index (κ1) is 24.7. The molecule has 7 heteroatoms. The molecule has 5 rings (SSSR count). The fourth-order valence-corrected chi connectivity index (χ4v) is 4.79. The lowest BCUT2D eigenvalue weighted by molar-refractivity contribution is -0.139. The van der Waals surface area contributed by atoms with Crippen molar-refractivity contribution >= 4 is 16.9 Å². The van der Waals surface area contributed by atoms with Gasteiger partial charge in [-0.15, -0.1) is 0 Å². The molecule has 2 heterocycles. The molecule has 1 aliphatic heterocycles. The SMILES string of the molecule is CC1CN(C(=O)COc2ccc3oc(-c4ccccc4)cc(=O)c3c2)C(C)CN1Cc1ccc(F)cc1. The molecule has 1 saturated heterocycles. The standard InChI is InChI=1S/C30H29FN2O4/c1-20-17-33(21(2)16-32(20)18-22-8-10-24(31)11-9-22)30(35)19-36-25-12-13-28-26(14-25)27(34)15-29(37-28)23-6-4-3-5-7-23/h3-15,20-21H,16-19H2,1-2H3. The van der Waals surface area contributed by atoms with Crippen molar-refractivity contribution in [2.75, 3.05) is 19.7 Å². The molecule has 2 atom stereocenters. The van der Waals surface area contributed by atoms with Gasteiger partial charge in [-0.05, 0) is 49.7 Å². The van der Waals surface area contributed by atoms with Crippen molar-refractivity contribution in [3.63, 3.8) is 0 Å². The van der Waals surface area contributed by atoms with E-state index in [1.54, 1.807) is 30.3 Å². The number of rotatable bonds is 6. The highest BCUT2D eigenvalue weighted by Crippen LogP contribution is 2.25. The van der Waals surface area contributed by atoms with E-state index in [2.05, 4.69) is 11.8 Å². The monoisotopic (exact) mass is 500 g/mol. The van der Waals surface area contributed by atoms with E-state index < -0.39 is 0 Å². The van der Waals surface area contributed by atoms with E-state index in [9.17, 15) is 14.0 Å². The van der Waals surface area contributed by atoms with E-state index in [0.29, 0.717) is 42.1 Å². The molecule has 0 aliphatic carbocycles. The van der Waals surface area contributed by atoms with Crippen LogP contribution >= 0.6 is 0 Å². The molecular weight excluding hydrogens is 471 g/mol. The van der Waals surface area contributed by atoms with Crippen LogP contribution in [0.2, 0.25) is 0 Å². The Hall–Kier alpha value is -3.97. The van der Waals surface area contributed by atoms with Gasteiger partial charge in [0.2, 0.25) is 0 Å². The smallest absolute Gasteiger partial charge is 0.260 e. The third-order valence-electron chi connectivity index (χ3n) is 6.85. The fourth-order valence-electron chi connectivity index (χ4n) is 4.79. The normalized spacial score (nSPS) is 18.2. The number of ether oxygens (including phenoxy) is 1. The van der Waals surface area contributed by atoms with Gasteiger partial charge in [-0.3, -0.25) is 14.5 Å². The van der Waals surface area contributed by atoms with Gasteiger partial charge in [0.1, 0.15) is 22.9 Å². The average molecular weight is 501 g/mol. The molecule has 37 heavy (non-hydrogen) atoms. The third kappa shape index (κ3) is 5.57. The molecule has 0 saturated carbocycles. The summed E-state index contributed by atoms with van der Waals surface area (Å²) in [6.07, 6.45) is 0. The Kier molecular flexibility index (Phi) is 7.06. The fraction of sp³-hybridized carbons (Fsp3) is 0.267. The number of hydrogen-bond donors (Lipinski definition) is 0. The van der Waals surface area contributed by atoms with Crippen molar-refractivity contribution in [2.45, 2.75) is 32.5 Å². The maximum absolute atomic E-state index is 13.2. The number of nitrogens with zero attached hydrogens (tertiary/aromatic N) is 2. The Bertz CT molecular complexity index is 1450. The second-order valence-corrected chi connectivity index (χ2v) is 9.59. The van der Waals surface area contributed by atoms with E-state index in [-0.39, 0.29) is 35.8 Å². The van der Waals surface area contributed by atoms with Crippen LogP contribution in [0.1, 0.15) is 19.4 Å². The van der Waals surface area contributed by atoms with Crippen LogP contribution < -0.4 is 10.2 Å². The zero-order valence-corrected chi connectivity index (χ0v) is 20.9. The minimum absolute atomic E-state index is 0.00723. The highest BCUT2D eigenvalue weighted by Gasteiger charge is 2.32. The number of benzene rings is 3. The molecule has 1 fully saturated rings. The first-order valence-corrected chi connectivity index (χ1v) is 12.4. The molecule has 0 spiro atoms. The molecule has 0 N–H and O–H groups in total. The van der Waals surface area contributed by atoms with Gasteiger partial charge in [-0.2, -0.15) is 0 Å². The van der Waals surface area contributed by atoms with Crippen molar-refractivity contribution in [2.24, 2.45) is 0 Å². The maximum atomic E-state index is 13.2. The molecule has 3 aromatic carbocycles. The Labute approximate surface area is 214 Å². The summed E-state index contributed by atoms with van der Waals surface area (Å²) in [5.74, 6) is 0.594. The molecular formula is C30H29FN2O4. The number of fused-ring (bicyclic) bond motifs is 1. The van der Waals surface area contributed by atoms with Crippen LogP contribution in [0.5, 0.6) is 5.75 Å². The topological polar surface area (TPSA) is 63.0 Å². The number of amides is 1. The van der Waals surface area contributed by atoms with E-state index in [4.69, 9.17) is 9.15 Å². The number of carbonyl (C=O) groups excluding carboxylic acids is 1. The molecule has 2 unspecified atom stereocenters. The van der Waals surface area contributed by atoms with Crippen LogP contribution in [0.3, 0.4) is 0 Å². The summed E-state index contributed by atoms with van der Waals surface area (Å²) in [6, 6.07) is 22.6. The first-order valence-electron chi connectivity index (χ1n) is 12.4. The van der Waals surface area contributed by atoms with E-state index in [1.807, 2.05) is 42.2 Å². The van der Waals surface area contributed by atoms with E-state index >= 15 is 0 Å². The van der Waals surface area contributed by atoms with Crippen molar-refractivity contribution in [1.82, 2.24) is 9.80 Å².